The average molecular weight is 274 g/mol. The molecule has 1 amide bonds. The first-order chi connectivity index (χ1) is 9.69. The van der Waals surface area contributed by atoms with Gasteiger partial charge in [-0.15, -0.1) is 0 Å². The van der Waals surface area contributed by atoms with Crippen LogP contribution in [0.2, 0.25) is 0 Å². The van der Waals surface area contributed by atoms with Crippen LogP contribution in [0.15, 0.2) is 24.7 Å². The zero-order valence-corrected chi connectivity index (χ0v) is 11.6. The average Bonchev–Trinajstić information content (AvgIpc) is 2.88. The summed E-state index contributed by atoms with van der Waals surface area (Å²) in [6, 6.07) is 1.85. The molecule has 0 saturated heterocycles. The van der Waals surface area contributed by atoms with Crippen molar-refractivity contribution in [3.8, 4) is 0 Å². The van der Waals surface area contributed by atoms with Gasteiger partial charge in [0.05, 0.1) is 24.6 Å². The number of hydrogen-bond donors (Lipinski definition) is 2. The Balaban J connectivity index is 1.94. The Kier molecular flexibility index (Phi) is 4.65. The van der Waals surface area contributed by atoms with E-state index in [2.05, 4.69) is 32.6 Å². The zero-order valence-electron chi connectivity index (χ0n) is 11.6. The van der Waals surface area contributed by atoms with Crippen LogP contribution < -0.4 is 10.6 Å². The fraction of sp³-hybridized carbons (Fsp3) is 0.385. The van der Waals surface area contributed by atoms with Crippen molar-refractivity contribution < 1.29 is 4.79 Å². The number of carbonyl (C=O) groups excluding carboxylic acids is 1. The van der Waals surface area contributed by atoms with Crippen LogP contribution in [-0.2, 0) is 13.6 Å². The minimum atomic E-state index is -0.261. The van der Waals surface area contributed by atoms with Crippen molar-refractivity contribution in [1.82, 2.24) is 25.1 Å². The molecular weight excluding hydrogens is 256 g/mol. The lowest BCUT2D eigenvalue weighted by Crippen LogP contribution is -2.24. The topological polar surface area (TPSA) is 84.7 Å². The molecule has 2 heterocycles. The molecule has 0 fully saturated rings. The van der Waals surface area contributed by atoms with Gasteiger partial charge in [0.15, 0.2) is 0 Å². The molecule has 2 aromatic rings. The van der Waals surface area contributed by atoms with Gasteiger partial charge in [-0.1, -0.05) is 6.92 Å². The molecule has 0 aliphatic carbocycles. The Hall–Kier alpha value is -2.44. The van der Waals surface area contributed by atoms with E-state index in [1.807, 2.05) is 19.3 Å². The minimum absolute atomic E-state index is 0.261. The van der Waals surface area contributed by atoms with E-state index < -0.39 is 0 Å². The highest BCUT2D eigenvalue weighted by molar-refractivity contribution is 5.92. The van der Waals surface area contributed by atoms with E-state index in [9.17, 15) is 4.79 Å². The summed E-state index contributed by atoms with van der Waals surface area (Å²) >= 11 is 0. The normalized spacial score (nSPS) is 10.3. The van der Waals surface area contributed by atoms with E-state index in [4.69, 9.17) is 0 Å². The molecule has 0 saturated carbocycles. The van der Waals surface area contributed by atoms with Gasteiger partial charge in [-0.05, 0) is 12.5 Å². The Labute approximate surface area is 117 Å². The minimum Gasteiger partial charge on any atom is -0.369 e. The maximum absolute atomic E-state index is 12.0. The van der Waals surface area contributed by atoms with Crippen LogP contribution in [0.5, 0.6) is 0 Å². The third-order valence-electron chi connectivity index (χ3n) is 2.62. The standard InChI is InChI=1S/C13H18N6O/c1-3-5-15-12-9-14-8-11(17-12)13(20)16-7-10-4-6-19(2)18-10/h4,6,8-9H,3,5,7H2,1-2H3,(H,15,17)(H,16,20). The van der Waals surface area contributed by atoms with Gasteiger partial charge in [0.2, 0.25) is 0 Å². The molecule has 0 radical (unpaired) electrons. The fourth-order valence-electron chi connectivity index (χ4n) is 1.63. The van der Waals surface area contributed by atoms with Gasteiger partial charge in [-0.2, -0.15) is 5.10 Å². The van der Waals surface area contributed by atoms with Crippen molar-refractivity contribution in [1.29, 1.82) is 0 Å². The first kappa shape index (κ1) is 14.0. The molecular formula is C13H18N6O. The molecule has 20 heavy (non-hydrogen) atoms. The van der Waals surface area contributed by atoms with Gasteiger partial charge in [0.1, 0.15) is 11.5 Å². The number of amides is 1. The fourth-order valence-corrected chi connectivity index (χ4v) is 1.63. The number of carbonyl (C=O) groups is 1. The lowest BCUT2D eigenvalue weighted by molar-refractivity contribution is 0.0945. The molecule has 0 bridgehead atoms. The maximum atomic E-state index is 12.0. The molecule has 0 unspecified atom stereocenters. The molecule has 2 aromatic heterocycles. The number of hydrogen-bond acceptors (Lipinski definition) is 5. The van der Waals surface area contributed by atoms with E-state index in [-0.39, 0.29) is 5.91 Å². The molecule has 2 N–H and O–H groups in total. The SMILES string of the molecule is CCCNc1cncc(C(=O)NCc2ccn(C)n2)n1. The number of nitrogens with zero attached hydrogens (tertiary/aromatic N) is 4. The monoisotopic (exact) mass is 274 g/mol. The van der Waals surface area contributed by atoms with Crippen molar-refractivity contribution in [2.75, 3.05) is 11.9 Å². The van der Waals surface area contributed by atoms with E-state index in [0.29, 0.717) is 18.1 Å². The summed E-state index contributed by atoms with van der Waals surface area (Å²) in [6.07, 6.45) is 5.87. The van der Waals surface area contributed by atoms with E-state index in [1.54, 1.807) is 10.9 Å². The Bertz CT molecular complexity index is 580. The van der Waals surface area contributed by atoms with Crippen LogP contribution in [-0.4, -0.2) is 32.2 Å². The van der Waals surface area contributed by atoms with Gasteiger partial charge in [0.25, 0.3) is 5.91 Å². The Morgan fingerprint density at radius 3 is 2.95 bits per heavy atom. The molecule has 0 aliphatic heterocycles. The van der Waals surface area contributed by atoms with Gasteiger partial charge in [-0.3, -0.25) is 14.5 Å². The van der Waals surface area contributed by atoms with Crippen LogP contribution in [0.25, 0.3) is 0 Å². The summed E-state index contributed by atoms with van der Waals surface area (Å²) in [5, 5.41) is 10.1. The molecule has 2 rings (SSSR count). The van der Waals surface area contributed by atoms with Crippen molar-refractivity contribution in [2.24, 2.45) is 7.05 Å². The third-order valence-corrected chi connectivity index (χ3v) is 2.62. The van der Waals surface area contributed by atoms with Gasteiger partial charge < -0.3 is 10.6 Å². The summed E-state index contributed by atoms with van der Waals surface area (Å²) in [5.74, 6) is 0.348. The van der Waals surface area contributed by atoms with Crippen molar-refractivity contribution in [3.63, 3.8) is 0 Å². The Morgan fingerprint density at radius 2 is 2.25 bits per heavy atom. The van der Waals surface area contributed by atoms with Crippen molar-refractivity contribution in [3.05, 3.63) is 36.0 Å². The van der Waals surface area contributed by atoms with Gasteiger partial charge >= 0.3 is 0 Å². The summed E-state index contributed by atoms with van der Waals surface area (Å²) in [4.78, 5) is 20.2. The smallest absolute Gasteiger partial charge is 0.271 e. The van der Waals surface area contributed by atoms with Crippen molar-refractivity contribution >= 4 is 11.7 Å². The number of nitrogens with one attached hydrogen (secondary N) is 2. The molecule has 0 spiro atoms. The predicted octanol–water partition coefficient (Wildman–Crippen LogP) is 0.962. The van der Waals surface area contributed by atoms with E-state index in [0.717, 1.165) is 18.7 Å². The number of anilines is 1. The first-order valence-corrected chi connectivity index (χ1v) is 6.51. The largest absolute Gasteiger partial charge is 0.369 e. The van der Waals surface area contributed by atoms with Crippen LogP contribution in [0.3, 0.4) is 0 Å². The summed E-state index contributed by atoms with van der Waals surface area (Å²) in [6.45, 7) is 3.23. The predicted molar refractivity (Wildman–Crippen MR) is 75.2 cm³/mol. The quantitative estimate of drug-likeness (QED) is 0.819. The van der Waals surface area contributed by atoms with Crippen LogP contribution in [0, 0.1) is 0 Å². The van der Waals surface area contributed by atoms with Gasteiger partial charge in [-0.25, -0.2) is 4.98 Å². The lowest BCUT2D eigenvalue weighted by atomic mass is 10.3. The van der Waals surface area contributed by atoms with Crippen molar-refractivity contribution in [2.45, 2.75) is 19.9 Å². The molecule has 7 heteroatoms. The highest BCUT2D eigenvalue weighted by Crippen LogP contribution is 2.03. The molecule has 0 aromatic carbocycles. The third kappa shape index (κ3) is 3.78. The second kappa shape index (κ2) is 6.65. The second-order valence-corrected chi connectivity index (χ2v) is 4.38. The van der Waals surface area contributed by atoms with E-state index >= 15 is 0 Å². The first-order valence-electron chi connectivity index (χ1n) is 6.51. The number of aryl methyl sites for hydroxylation is 1. The van der Waals surface area contributed by atoms with Crippen LogP contribution >= 0.6 is 0 Å². The molecule has 7 nitrogen and oxygen atoms in total. The molecule has 106 valence electrons. The molecule has 0 aliphatic rings. The number of rotatable bonds is 6. The number of aromatic nitrogens is 4. The summed E-state index contributed by atoms with van der Waals surface area (Å²) < 4.78 is 1.69. The second-order valence-electron chi connectivity index (χ2n) is 4.38. The van der Waals surface area contributed by atoms with Crippen LogP contribution in [0.1, 0.15) is 29.5 Å². The summed E-state index contributed by atoms with van der Waals surface area (Å²) in [5.41, 5.74) is 1.09. The highest BCUT2D eigenvalue weighted by Gasteiger charge is 2.09. The van der Waals surface area contributed by atoms with Crippen LogP contribution in [0.4, 0.5) is 5.82 Å². The molecule has 0 atom stereocenters. The van der Waals surface area contributed by atoms with E-state index in [1.165, 1.54) is 6.20 Å². The Morgan fingerprint density at radius 1 is 1.40 bits per heavy atom. The zero-order chi connectivity index (χ0) is 14.4. The lowest BCUT2D eigenvalue weighted by Gasteiger charge is -2.06. The summed E-state index contributed by atoms with van der Waals surface area (Å²) in [7, 11) is 1.83. The maximum Gasteiger partial charge on any atom is 0.271 e. The highest BCUT2D eigenvalue weighted by atomic mass is 16.1. The van der Waals surface area contributed by atoms with Gasteiger partial charge in [0, 0.05) is 19.8 Å².